The number of hydrogen-bond acceptors (Lipinski definition) is 3. The van der Waals surface area contributed by atoms with Crippen LogP contribution in [0.3, 0.4) is 0 Å². The van der Waals surface area contributed by atoms with E-state index in [9.17, 15) is 13.2 Å². The molecule has 1 N–H and O–H groups in total. The largest absolute Gasteiger partial charge is 0.497 e. The number of ether oxygens (including phenoxy) is 1. The molecule has 1 atom stereocenters. The van der Waals surface area contributed by atoms with Crippen molar-refractivity contribution in [2.75, 3.05) is 12.4 Å². The van der Waals surface area contributed by atoms with Crippen molar-refractivity contribution >= 4 is 22.2 Å². The molecule has 3 nitrogen and oxygen atoms in total. The number of nitrogens with one attached hydrogen (secondary N) is 1. The van der Waals surface area contributed by atoms with Gasteiger partial charge in [0.05, 0.1) is 12.8 Å². The topological polar surface area (TPSA) is 33.6 Å². The lowest BCUT2D eigenvalue weighted by Crippen LogP contribution is -2.30. The molecule has 1 unspecified atom stereocenters. The minimum atomic E-state index is -4.54. The smallest absolute Gasteiger partial charge is 0.433 e. The molecule has 3 aromatic rings. The van der Waals surface area contributed by atoms with Gasteiger partial charge >= 0.3 is 6.18 Å². The highest BCUT2D eigenvalue weighted by Crippen LogP contribution is 2.39. The summed E-state index contributed by atoms with van der Waals surface area (Å²) in [5, 5.41) is 4.77. The van der Waals surface area contributed by atoms with Gasteiger partial charge in [-0.25, -0.2) is 0 Å². The van der Waals surface area contributed by atoms with Crippen LogP contribution in [0.25, 0.3) is 10.8 Å². The van der Waals surface area contributed by atoms with Crippen LogP contribution < -0.4 is 10.1 Å². The van der Waals surface area contributed by atoms with Crippen molar-refractivity contribution < 1.29 is 17.9 Å². The Bertz CT molecular complexity index is 994. The normalized spacial score (nSPS) is 16.6. The average Bonchev–Trinajstić information content (AvgIpc) is 2.66. The Hall–Kier alpha value is -3.02. The molecule has 132 valence electrons. The number of benzene rings is 3. The summed E-state index contributed by atoms with van der Waals surface area (Å²) in [6.45, 7) is 0. The standard InChI is InChI=1S/C20H15F3N2O/c1-26-14-9-6-13(7-10-14)19-24-17-15-5-3-2-4-12(15)8-11-16(17)18(25-19)20(21,22)23/h2-11,19,24H,1H3. The molecule has 4 rings (SSSR count). The molecule has 1 aliphatic rings. The zero-order chi connectivity index (χ0) is 18.3. The van der Waals surface area contributed by atoms with Gasteiger partial charge in [0, 0.05) is 10.9 Å². The van der Waals surface area contributed by atoms with Gasteiger partial charge in [-0.2, -0.15) is 13.2 Å². The van der Waals surface area contributed by atoms with Crippen molar-refractivity contribution in [3.8, 4) is 5.75 Å². The number of fused-ring (bicyclic) bond motifs is 3. The van der Waals surface area contributed by atoms with E-state index >= 15 is 0 Å². The highest BCUT2D eigenvalue weighted by atomic mass is 19.4. The van der Waals surface area contributed by atoms with Crippen LogP contribution in [0.1, 0.15) is 17.3 Å². The van der Waals surface area contributed by atoms with Gasteiger partial charge in [0.15, 0.2) is 5.71 Å². The van der Waals surface area contributed by atoms with Crippen LogP contribution in [0.15, 0.2) is 65.7 Å². The first-order valence-electron chi connectivity index (χ1n) is 8.05. The Morgan fingerprint density at radius 3 is 2.38 bits per heavy atom. The van der Waals surface area contributed by atoms with E-state index in [0.717, 1.165) is 10.8 Å². The summed E-state index contributed by atoms with van der Waals surface area (Å²) in [7, 11) is 1.54. The lowest BCUT2D eigenvalue weighted by Gasteiger charge is -2.28. The number of alkyl halides is 3. The number of aliphatic imine (C=N–C) groups is 1. The third kappa shape index (κ3) is 2.77. The second-order valence-corrected chi connectivity index (χ2v) is 6.00. The van der Waals surface area contributed by atoms with Crippen LogP contribution in [0.5, 0.6) is 5.75 Å². The van der Waals surface area contributed by atoms with E-state index in [1.165, 1.54) is 13.2 Å². The predicted octanol–water partition coefficient (Wildman–Crippen LogP) is 5.32. The van der Waals surface area contributed by atoms with Gasteiger partial charge in [0.2, 0.25) is 0 Å². The quantitative estimate of drug-likeness (QED) is 0.674. The first-order valence-corrected chi connectivity index (χ1v) is 8.05. The van der Waals surface area contributed by atoms with Crippen LogP contribution >= 0.6 is 0 Å². The third-order valence-corrected chi connectivity index (χ3v) is 4.42. The summed E-state index contributed by atoms with van der Waals surface area (Å²) in [4.78, 5) is 3.97. The number of anilines is 1. The van der Waals surface area contributed by atoms with Crippen molar-refractivity contribution in [2.45, 2.75) is 12.3 Å². The van der Waals surface area contributed by atoms with Crippen molar-refractivity contribution in [1.82, 2.24) is 0 Å². The average molecular weight is 356 g/mol. The van der Waals surface area contributed by atoms with E-state index in [-0.39, 0.29) is 5.56 Å². The zero-order valence-electron chi connectivity index (χ0n) is 13.8. The number of methoxy groups -OCH3 is 1. The fraction of sp³-hybridized carbons (Fsp3) is 0.150. The summed E-state index contributed by atoms with van der Waals surface area (Å²) in [6.07, 6.45) is -5.36. The minimum Gasteiger partial charge on any atom is -0.497 e. The molecule has 0 aromatic heterocycles. The Morgan fingerprint density at radius 2 is 1.69 bits per heavy atom. The minimum absolute atomic E-state index is 0.0703. The highest BCUT2D eigenvalue weighted by Gasteiger charge is 2.41. The maximum Gasteiger partial charge on any atom is 0.433 e. The Morgan fingerprint density at radius 1 is 0.962 bits per heavy atom. The maximum absolute atomic E-state index is 13.6. The number of hydrogen-bond donors (Lipinski definition) is 1. The van der Waals surface area contributed by atoms with Crippen LogP contribution in [0.4, 0.5) is 18.9 Å². The van der Waals surface area contributed by atoms with Crippen molar-refractivity contribution in [2.24, 2.45) is 4.99 Å². The fourth-order valence-electron chi connectivity index (χ4n) is 3.16. The summed E-state index contributed by atoms with van der Waals surface area (Å²) in [5.74, 6) is 0.635. The Balaban J connectivity index is 1.88. The monoisotopic (exact) mass is 356 g/mol. The molecule has 1 aliphatic heterocycles. The van der Waals surface area contributed by atoms with Crippen molar-refractivity contribution in [3.63, 3.8) is 0 Å². The van der Waals surface area contributed by atoms with Gasteiger partial charge in [-0.1, -0.05) is 48.5 Å². The molecule has 26 heavy (non-hydrogen) atoms. The van der Waals surface area contributed by atoms with E-state index in [1.54, 1.807) is 30.3 Å². The number of halogens is 3. The van der Waals surface area contributed by atoms with Gasteiger partial charge in [-0.3, -0.25) is 4.99 Å². The van der Waals surface area contributed by atoms with Crippen molar-refractivity contribution in [1.29, 1.82) is 0 Å². The fourth-order valence-corrected chi connectivity index (χ4v) is 3.16. The van der Waals surface area contributed by atoms with Crippen LogP contribution in [-0.4, -0.2) is 19.0 Å². The van der Waals surface area contributed by atoms with Crippen molar-refractivity contribution in [3.05, 3.63) is 71.8 Å². The summed E-state index contributed by atoms with van der Waals surface area (Å²) < 4.78 is 46.1. The summed E-state index contributed by atoms with van der Waals surface area (Å²) in [5.41, 5.74) is 0.288. The Kier molecular flexibility index (Phi) is 3.83. The lowest BCUT2D eigenvalue weighted by molar-refractivity contribution is -0.0584. The second kappa shape index (κ2) is 6.05. The van der Waals surface area contributed by atoms with E-state index in [4.69, 9.17) is 4.74 Å². The number of nitrogens with zero attached hydrogens (tertiary/aromatic N) is 1. The molecule has 0 fully saturated rings. The first-order chi connectivity index (χ1) is 12.5. The van der Waals surface area contributed by atoms with Gasteiger partial charge < -0.3 is 10.1 Å². The van der Waals surface area contributed by atoms with Gasteiger partial charge in [-0.05, 0) is 23.1 Å². The number of rotatable bonds is 2. The molecular weight excluding hydrogens is 341 g/mol. The van der Waals surface area contributed by atoms with Crippen LogP contribution in [0.2, 0.25) is 0 Å². The summed E-state index contributed by atoms with van der Waals surface area (Å²) in [6, 6.07) is 17.4. The van der Waals surface area contributed by atoms with E-state index in [1.807, 2.05) is 24.3 Å². The van der Waals surface area contributed by atoms with E-state index in [2.05, 4.69) is 10.3 Å². The first kappa shape index (κ1) is 16.4. The van der Waals surface area contributed by atoms with Crippen LogP contribution in [0, 0.1) is 0 Å². The van der Waals surface area contributed by atoms with E-state index < -0.39 is 18.1 Å². The SMILES string of the molecule is COc1ccc(C2N=C(C(F)(F)F)c3ccc4ccccc4c3N2)cc1. The Labute approximate surface area is 148 Å². The molecule has 0 radical (unpaired) electrons. The summed E-state index contributed by atoms with van der Waals surface area (Å²) >= 11 is 0. The molecule has 0 amide bonds. The molecular formula is C20H15F3N2O. The molecule has 0 saturated heterocycles. The zero-order valence-corrected chi connectivity index (χ0v) is 13.8. The van der Waals surface area contributed by atoms with Gasteiger partial charge in [-0.15, -0.1) is 0 Å². The second-order valence-electron chi connectivity index (χ2n) is 6.00. The lowest BCUT2D eigenvalue weighted by atomic mass is 9.97. The molecule has 6 heteroatoms. The maximum atomic E-state index is 13.6. The molecule has 3 aromatic carbocycles. The molecule has 0 spiro atoms. The van der Waals surface area contributed by atoms with Crippen LogP contribution in [-0.2, 0) is 0 Å². The molecule has 0 aliphatic carbocycles. The predicted molar refractivity (Wildman–Crippen MR) is 95.9 cm³/mol. The molecule has 0 saturated carbocycles. The molecule has 0 bridgehead atoms. The van der Waals surface area contributed by atoms with Gasteiger partial charge in [0.25, 0.3) is 0 Å². The third-order valence-electron chi connectivity index (χ3n) is 4.42. The van der Waals surface area contributed by atoms with Gasteiger partial charge in [0.1, 0.15) is 11.9 Å². The highest BCUT2D eigenvalue weighted by molar-refractivity contribution is 6.15. The molecule has 1 heterocycles. The van der Waals surface area contributed by atoms with E-state index in [0.29, 0.717) is 17.0 Å².